The van der Waals surface area contributed by atoms with E-state index in [-0.39, 0.29) is 6.61 Å². The molecule has 1 aromatic heterocycles. The fourth-order valence-electron chi connectivity index (χ4n) is 2.06. The number of aryl methyl sites for hydroxylation is 2. The van der Waals surface area contributed by atoms with Crippen LogP contribution in [0.1, 0.15) is 16.9 Å². The van der Waals surface area contributed by atoms with Crippen molar-refractivity contribution in [3.8, 4) is 0 Å². The Morgan fingerprint density at radius 2 is 1.95 bits per heavy atom. The number of hydrogen-bond acceptors (Lipinski definition) is 4. The Balaban J connectivity index is 1.73. The lowest BCUT2D eigenvalue weighted by molar-refractivity contribution is 0.0282. The molecule has 0 aliphatic heterocycles. The minimum Gasteiger partial charge on any atom is -0.467 e. The monoisotopic (exact) mass is 275 g/mol. The van der Waals surface area contributed by atoms with Gasteiger partial charge < -0.3 is 19.6 Å². The molecule has 0 radical (unpaired) electrons. The third-order valence-electron chi connectivity index (χ3n) is 3.13. The van der Waals surface area contributed by atoms with Crippen molar-refractivity contribution in [1.29, 1.82) is 0 Å². The molecule has 2 N–H and O–H groups in total. The first-order valence-corrected chi connectivity index (χ1v) is 6.75. The zero-order valence-electron chi connectivity index (χ0n) is 11.9. The van der Waals surface area contributed by atoms with Crippen LogP contribution in [0.2, 0.25) is 0 Å². The predicted octanol–water partition coefficient (Wildman–Crippen LogP) is 2.89. The topological polar surface area (TPSA) is 54.6 Å². The molecule has 1 atom stereocenters. The number of benzene rings is 1. The fourth-order valence-corrected chi connectivity index (χ4v) is 2.06. The number of ether oxygens (including phenoxy) is 1. The van der Waals surface area contributed by atoms with E-state index < -0.39 is 6.10 Å². The maximum absolute atomic E-state index is 9.90. The molecule has 0 saturated heterocycles. The number of para-hydroxylation sites is 1. The molecule has 0 amide bonds. The molecular weight excluding hydrogens is 254 g/mol. The van der Waals surface area contributed by atoms with Gasteiger partial charge in [-0.05, 0) is 37.1 Å². The zero-order valence-corrected chi connectivity index (χ0v) is 11.9. The highest BCUT2D eigenvalue weighted by molar-refractivity contribution is 5.56. The van der Waals surface area contributed by atoms with E-state index in [1.54, 1.807) is 6.26 Å². The molecule has 0 aliphatic rings. The summed E-state index contributed by atoms with van der Waals surface area (Å²) in [5.74, 6) is 0.764. The maximum Gasteiger partial charge on any atom is 0.129 e. The van der Waals surface area contributed by atoms with Gasteiger partial charge in [0.05, 0.1) is 19.0 Å². The van der Waals surface area contributed by atoms with E-state index in [2.05, 4.69) is 31.3 Å². The predicted molar refractivity (Wildman–Crippen MR) is 78.8 cm³/mol. The van der Waals surface area contributed by atoms with Crippen LogP contribution in [0.3, 0.4) is 0 Å². The van der Waals surface area contributed by atoms with Crippen molar-refractivity contribution in [3.63, 3.8) is 0 Å². The van der Waals surface area contributed by atoms with E-state index in [4.69, 9.17) is 9.15 Å². The Morgan fingerprint density at radius 1 is 1.20 bits per heavy atom. The minimum absolute atomic E-state index is 0.276. The summed E-state index contributed by atoms with van der Waals surface area (Å²) in [6.07, 6.45) is 1.06. The van der Waals surface area contributed by atoms with Gasteiger partial charge in [-0.1, -0.05) is 18.2 Å². The lowest BCUT2D eigenvalue weighted by Gasteiger charge is -2.16. The van der Waals surface area contributed by atoms with Gasteiger partial charge in [0, 0.05) is 12.2 Å². The van der Waals surface area contributed by atoms with E-state index in [1.165, 1.54) is 11.1 Å². The molecule has 2 aromatic rings. The maximum atomic E-state index is 9.90. The van der Waals surface area contributed by atoms with Gasteiger partial charge in [-0.2, -0.15) is 0 Å². The number of furan rings is 1. The van der Waals surface area contributed by atoms with Crippen molar-refractivity contribution >= 4 is 5.69 Å². The smallest absolute Gasteiger partial charge is 0.129 e. The summed E-state index contributed by atoms with van der Waals surface area (Å²) in [7, 11) is 0. The number of nitrogens with one attached hydrogen (secondary N) is 1. The second-order valence-electron chi connectivity index (χ2n) is 4.90. The zero-order chi connectivity index (χ0) is 14.4. The molecule has 0 saturated carbocycles. The van der Waals surface area contributed by atoms with E-state index in [0.29, 0.717) is 13.2 Å². The lowest BCUT2D eigenvalue weighted by Crippen LogP contribution is -2.25. The number of rotatable bonds is 7. The largest absolute Gasteiger partial charge is 0.467 e. The number of aliphatic hydroxyl groups excluding tert-OH is 1. The molecule has 4 nitrogen and oxygen atoms in total. The average molecular weight is 275 g/mol. The molecule has 1 heterocycles. The van der Waals surface area contributed by atoms with Crippen LogP contribution in [-0.2, 0) is 11.3 Å². The summed E-state index contributed by atoms with van der Waals surface area (Å²) in [4.78, 5) is 0. The summed E-state index contributed by atoms with van der Waals surface area (Å²) < 4.78 is 10.6. The van der Waals surface area contributed by atoms with Crippen LogP contribution < -0.4 is 5.32 Å². The highest BCUT2D eigenvalue weighted by Gasteiger charge is 2.07. The van der Waals surface area contributed by atoms with Crippen LogP contribution in [0.25, 0.3) is 0 Å². The Kier molecular flexibility index (Phi) is 5.21. The van der Waals surface area contributed by atoms with Gasteiger partial charge in [0.2, 0.25) is 0 Å². The van der Waals surface area contributed by atoms with E-state index in [9.17, 15) is 5.11 Å². The average Bonchev–Trinajstić information content (AvgIpc) is 2.91. The molecule has 2 rings (SSSR count). The molecule has 0 spiro atoms. The first-order chi connectivity index (χ1) is 9.66. The van der Waals surface area contributed by atoms with Crippen molar-refractivity contribution in [1.82, 2.24) is 0 Å². The number of hydrogen-bond donors (Lipinski definition) is 2. The van der Waals surface area contributed by atoms with Crippen LogP contribution in [0.5, 0.6) is 0 Å². The third kappa shape index (κ3) is 4.11. The van der Waals surface area contributed by atoms with Crippen molar-refractivity contribution in [2.24, 2.45) is 0 Å². The minimum atomic E-state index is -0.552. The number of aliphatic hydroxyl groups is 1. The summed E-state index contributed by atoms with van der Waals surface area (Å²) in [6, 6.07) is 9.79. The molecule has 0 bridgehead atoms. The van der Waals surface area contributed by atoms with Crippen molar-refractivity contribution in [3.05, 3.63) is 53.5 Å². The summed E-state index contributed by atoms with van der Waals surface area (Å²) in [5, 5.41) is 13.2. The Bertz CT molecular complexity index is 502. The van der Waals surface area contributed by atoms with Gasteiger partial charge in [-0.15, -0.1) is 0 Å². The van der Waals surface area contributed by atoms with E-state index >= 15 is 0 Å². The molecule has 1 aromatic carbocycles. The van der Waals surface area contributed by atoms with E-state index in [1.807, 2.05) is 18.2 Å². The van der Waals surface area contributed by atoms with Gasteiger partial charge in [0.15, 0.2) is 0 Å². The second kappa shape index (κ2) is 7.12. The molecule has 20 heavy (non-hydrogen) atoms. The fraction of sp³-hybridized carbons (Fsp3) is 0.375. The third-order valence-corrected chi connectivity index (χ3v) is 3.13. The molecule has 0 fully saturated rings. The van der Waals surface area contributed by atoms with Crippen LogP contribution in [0, 0.1) is 13.8 Å². The Hall–Kier alpha value is -1.78. The first kappa shape index (κ1) is 14.6. The van der Waals surface area contributed by atoms with Crippen LogP contribution in [0.15, 0.2) is 41.0 Å². The van der Waals surface area contributed by atoms with Crippen LogP contribution >= 0.6 is 0 Å². The molecule has 4 heteroatoms. The lowest BCUT2D eigenvalue weighted by atomic mass is 10.1. The van der Waals surface area contributed by atoms with Crippen molar-refractivity contribution < 1.29 is 14.3 Å². The van der Waals surface area contributed by atoms with Gasteiger partial charge in [0.1, 0.15) is 12.4 Å². The highest BCUT2D eigenvalue weighted by Crippen LogP contribution is 2.19. The van der Waals surface area contributed by atoms with Crippen LogP contribution in [0.4, 0.5) is 5.69 Å². The standard InChI is InChI=1S/C16H21NO3/c1-12-5-3-6-13(2)16(12)17-9-14(18)10-19-11-15-7-4-8-20-15/h3-8,14,17-18H,9-11H2,1-2H3. The Labute approximate surface area is 119 Å². The first-order valence-electron chi connectivity index (χ1n) is 6.75. The molecule has 108 valence electrons. The van der Waals surface area contributed by atoms with Gasteiger partial charge in [0.25, 0.3) is 0 Å². The SMILES string of the molecule is Cc1cccc(C)c1NCC(O)COCc1ccco1. The summed E-state index contributed by atoms with van der Waals surface area (Å²) in [6.45, 7) is 5.22. The van der Waals surface area contributed by atoms with Gasteiger partial charge >= 0.3 is 0 Å². The van der Waals surface area contributed by atoms with Crippen LogP contribution in [-0.4, -0.2) is 24.4 Å². The molecular formula is C16H21NO3. The second-order valence-corrected chi connectivity index (χ2v) is 4.90. The summed E-state index contributed by atoms with van der Waals surface area (Å²) in [5.41, 5.74) is 3.43. The quantitative estimate of drug-likeness (QED) is 0.816. The summed E-state index contributed by atoms with van der Waals surface area (Å²) >= 11 is 0. The van der Waals surface area contributed by atoms with E-state index in [0.717, 1.165) is 11.4 Å². The molecule has 1 unspecified atom stereocenters. The normalized spacial score (nSPS) is 12.3. The number of anilines is 1. The van der Waals surface area contributed by atoms with Gasteiger partial charge in [-0.3, -0.25) is 0 Å². The van der Waals surface area contributed by atoms with Gasteiger partial charge in [-0.25, -0.2) is 0 Å². The Morgan fingerprint density at radius 3 is 2.60 bits per heavy atom. The van der Waals surface area contributed by atoms with Crippen molar-refractivity contribution in [2.45, 2.75) is 26.6 Å². The highest BCUT2D eigenvalue weighted by atomic mass is 16.5. The van der Waals surface area contributed by atoms with Crippen molar-refractivity contribution in [2.75, 3.05) is 18.5 Å². The molecule has 0 aliphatic carbocycles.